The lowest BCUT2D eigenvalue weighted by Gasteiger charge is -2.18. The molecule has 0 unspecified atom stereocenters. The lowest BCUT2D eigenvalue weighted by Crippen LogP contribution is -2.26. The van der Waals surface area contributed by atoms with Gasteiger partial charge in [-0.15, -0.1) is 0 Å². The van der Waals surface area contributed by atoms with Gasteiger partial charge in [-0.3, -0.25) is 4.31 Å². The van der Waals surface area contributed by atoms with Gasteiger partial charge in [0.1, 0.15) is 4.90 Å². The Balaban J connectivity index is 2.37. The van der Waals surface area contributed by atoms with E-state index in [1.54, 1.807) is 19.3 Å². The van der Waals surface area contributed by atoms with Crippen LogP contribution in [0.1, 0.15) is 11.3 Å². The SMILES string of the molecule is CNCc1cc(S(=O)(=O)N(C)c2ccc(C)cc2)cn1C. The van der Waals surface area contributed by atoms with E-state index >= 15 is 0 Å². The number of rotatable bonds is 5. The fourth-order valence-corrected chi connectivity index (χ4v) is 3.42. The predicted molar refractivity (Wildman–Crippen MR) is 84.9 cm³/mol. The lowest BCUT2D eigenvalue weighted by molar-refractivity contribution is 0.594. The Morgan fingerprint density at radius 3 is 2.43 bits per heavy atom. The van der Waals surface area contributed by atoms with Crippen LogP contribution in [0.4, 0.5) is 5.69 Å². The van der Waals surface area contributed by atoms with E-state index in [0.29, 0.717) is 17.1 Å². The molecule has 0 aliphatic heterocycles. The molecule has 1 N–H and O–H groups in total. The fourth-order valence-electron chi connectivity index (χ4n) is 2.13. The Kier molecular flexibility index (Phi) is 4.39. The van der Waals surface area contributed by atoms with E-state index in [2.05, 4.69) is 5.32 Å². The Morgan fingerprint density at radius 1 is 1.24 bits per heavy atom. The van der Waals surface area contributed by atoms with Gasteiger partial charge in [-0.2, -0.15) is 0 Å². The third kappa shape index (κ3) is 3.11. The van der Waals surface area contributed by atoms with Crippen LogP contribution in [0.2, 0.25) is 0 Å². The fraction of sp³-hybridized carbons (Fsp3) is 0.333. The van der Waals surface area contributed by atoms with Gasteiger partial charge in [-0.1, -0.05) is 17.7 Å². The highest BCUT2D eigenvalue weighted by molar-refractivity contribution is 7.92. The van der Waals surface area contributed by atoms with Crippen LogP contribution in [-0.2, 0) is 23.6 Å². The molecule has 1 aromatic heterocycles. The van der Waals surface area contributed by atoms with Crippen molar-refractivity contribution >= 4 is 15.7 Å². The topological polar surface area (TPSA) is 54.3 Å². The van der Waals surface area contributed by atoms with Crippen LogP contribution in [0.25, 0.3) is 0 Å². The maximum absolute atomic E-state index is 12.7. The number of hydrogen-bond donors (Lipinski definition) is 1. The molecule has 0 radical (unpaired) electrons. The monoisotopic (exact) mass is 307 g/mol. The van der Waals surface area contributed by atoms with Crippen molar-refractivity contribution in [2.75, 3.05) is 18.4 Å². The van der Waals surface area contributed by atoms with Gasteiger partial charge in [-0.25, -0.2) is 8.42 Å². The van der Waals surface area contributed by atoms with Crippen molar-refractivity contribution in [2.24, 2.45) is 7.05 Å². The van der Waals surface area contributed by atoms with Crippen molar-refractivity contribution in [3.63, 3.8) is 0 Å². The summed E-state index contributed by atoms with van der Waals surface area (Å²) >= 11 is 0. The van der Waals surface area contributed by atoms with E-state index in [4.69, 9.17) is 0 Å². The molecule has 0 aliphatic rings. The highest BCUT2D eigenvalue weighted by Crippen LogP contribution is 2.23. The van der Waals surface area contributed by atoms with E-state index in [9.17, 15) is 8.42 Å². The minimum Gasteiger partial charge on any atom is -0.352 e. The highest BCUT2D eigenvalue weighted by Gasteiger charge is 2.23. The first-order chi connectivity index (χ1) is 9.86. The summed E-state index contributed by atoms with van der Waals surface area (Å²) in [7, 11) is 1.71. The summed E-state index contributed by atoms with van der Waals surface area (Å²) in [5.74, 6) is 0. The van der Waals surface area contributed by atoms with Crippen molar-refractivity contribution in [3.8, 4) is 0 Å². The zero-order chi connectivity index (χ0) is 15.6. The Morgan fingerprint density at radius 2 is 1.86 bits per heavy atom. The zero-order valence-electron chi connectivity index (χ0n) is 12.8. The Bertz CT molecular complexity index is 718. The van der Waals surface area contributed by atoms with Crippen LogP contribution in [0.5, 0.6) is 0 Å². The van der Waals surface area contributed by atoms with Crippen molar-refractivity contribution < 1.29 is 8.42 Å². The Hall–Kier alpha value is -1.79. The van der Waals surface area contributed by atoms with Gasteiger partial charge >= 0.3 is 0 Å². The molecule has 0 fully saturated rings. The summed E-state index contributed by atoms with van der Waals surface area (Å²) in [6.45, 7) is 2.60. The van der Waals surface area contributed by atoms with E-state index in [1.807, 2.05) is 49.9 Å². The molecule has 5 nitrogen and oxygen atoms in total. The lowest BCUT2D eigenvalue weighted by atomic mass is 10.2. The number of benzene rings is 1. The summed E-state index contributed by atoms with van der Waals surface area (Å²) in [5, 5.41) is 3.03. The third-order valence-electron chi connectivity index (χ3n) is 3.50. The van der Waals surface area contributed by atoms with E-state index < -0.39 is 10.0 Å². The average molecular weight is 307 g/mol. The van der Waals surface area contributed by atoms with Crippen LogP contribution in [-0.4, -0.2) is 27.1 Å². The molecule has 2 aromatic rings. The predicted octanol–water partition coefficient (Wildman–Crippen LogP) is 1.88. The average Bonchev–Trinajstić information content (AvgIpc) is 2.81. The largest absolute Gasteiger partial charge is 0.352 e. The second kappa shape index (κ2) is 5.91. The standard InChI is InChI=1S/C15H21N3O2S/c1-12-5-7-13(8-6-12)18(4)21(19,20)15-9-14(10-16-2)17(3)11-15/h5-9,11,16H,10H2,1-4H3. The van der Waals surface area contributed by atoms with Gasteiger partial charge in [0.15, 0.2) is 0 Å². The molecule has 0 amide bonds. The number of aryl methyl sites for hydroxylation is 2. The first kappa shape index (κ1) is 15.6. The molecule has 1 aromatic carbocycles. The molecule has 0 atom stereocenters. The molecule has 2 rings (SSSR count). The van der Waals surface area contributed by atoms with E-state index in [-0.39, 0.29) is 0 Å². The third-order valence-corrected chi connectivity index (χ3v) is 5.25. The van der Waals surface area contributed by atoms with Gasteiger partial charge in [0.25, 0.3) is 10.0 Å². The smallest absolute Gasteiger partial charge is 0.265 e. The Labute approximate surface area is 126 Å². The number of sulfonamides is 1. The van der Waals surface area contributed by atoms with Gasteiger partial charge in [0, 0.05) is 32.5 Å². The summed E-state index contributed by atoms with van der Waals surface area (Å²) in [6.07, 6.45) is 1.65. The highest BCUT2D eigenvalue weighted by atomic mass is 32.2. The van der Waals surface area contributed by atoms with Crippen LogP contribution in [0, 0.1) is 6.92 Å². The van der Waals surface area contributed by atoms with Crippen molar-refractivity contribution in [1.82, 2.24) is 9.88 Å². The van der Waals surface area contributed by atoms with E-state index in [1.165, 1.54) is 4.31 Å². The second-order valence-corrected chi connectivity index (χ2v) is 7.09. The van der Waals surface area contributed by atoms with Crippen molar-refractivity contribution in [1.29, 1.82) is 0 Å². The number of hydrogen-bond acceptors (Lipinski definition) is 3. The molecule has 114 valence electrons. The van der Waals surface area contributed by atoms with Crippen LogP contribution in [0.15, 0.2) is 41.4 Å². The van der Waals surface area contributed by atoms with E-state index in [0.717, 1.165) is 11.3 Å². The summed E-state index contributed by atoms with van der Waals surface area (Å²) < 4.78 is 28.5. The number of nitrogens with one attached hydrogen (secondary N) is 1. The second-order valence-electron chi connectivity index (χ2n) is 5.12. The van der Waals surface area contributed by atoms with Crippen molar-refractivity contribution in [2.45, 2.75) is 18.4 Å². The molecule has 0 saturated heterocycles. The summed E-state index contributed by atoms with van der Waals surface area (Å²) in [6, 6.07) is 9.13. The molecular formula is C15H21N3O2S. The van der Waals surface area contributed by atoms with Crippen LogP contribution in [0.3, 0.4) is 0 Å². The molecule has 21 heavy (non-hydrogen) atoms. The van der Waals surface area contributed by atoms with Gasteiger partial charge < -0.3 is 9.88 Å². The first-order valence-corrected chi connectivity index (χ1v) is 8.15. The minimum atomic E-state index is -3.54. The molecule has 0 spiro atoms. The van der Waals surface area contributed by atoms with Gasteiger partial charge in [0.2, 0.25) is 0 Å². The summed E-state index contributed by atoms with van der Waals surface area (Å²) in [5.41, 5.74) is 2.67. The molecule has 6 heteroatoms. The number of aromatic nitrogens is 1. The molecule has 0 saturated carbocycles. The maximum atomic E-state index is 12.7. The molecule has 0 bridgehead atoms. The minimum absolute atomic E-state index is 0.304. The molecule has 0 aliphatic carbocycles. The van der Waals surface area contributed by atoms with Crippen LogP contribution >= 0.6 is 0 Å². The zero-order valence-corrected chi connectivity index (χ0v) is 13.6. The normalized spacial score (nSPS) is 11.6. The quantitative estimate of drug-likeness (QED) is 0.917. The first-order valence-electron chi connectivity index (χ1n) is 6.71. The van der Waals surface area contributed by atoms with Crippen molar-refractivity contribution in [3.05, 3.63) is 47.8 Å². The maximum Gasteiger partial charge on any atom is 0.265 e. The van der Waals surface area contributed by atoms with Gasteiger partial charge in [-0.05, 0) is 32.2 Å². The van der Waals surface area contributed by atoms with Crippen LogP contribution < -0.4 is 9.62 Å². The molecule has 1 heterocycles. The molecular weight excluding hydrogens is 286 g/mol. The summed E-state index contributed by atoms with van der Waals surface area (Å²) in [4.78, 5) is 0.304. The number of anilines is 1. The number of nitrogens with zero attached hydrogens (tertiary/aromatic N) is 2. The van der Waals surface area contributed by atoms with Gasteiger partial charge in [0.05, 0.1) is 5.69 Å².